The smallest absolute Gasteiger partial charge is 0.254 e. The highest BCUT2D eigenvalue weighted by molar-refractivity contribution is 6.09. The standard InChI is InChI=1S/C13H16N2O2/c1-3-8(2)11-13(17)14-10-7-5-4-6-9(10)12(16)15-11/h4-8,11H,3H2,1-2H3,(H,14,17)(H,15,16)/t8?,11-/m1/s1. The SMILES string of the molecule is CCC(C)[C@H]1NC(=O)c2ccccc2NC1=O. The van der Waals surface area contributed by atoms with Crippen molar-refractivity contribution in [2.24, 2.45) is 5.92 Å². The molecule has 0 aromatic heterocycles. The Labute approximate surface area is 100 Å². The third-order valence-corrected chi connectivity index (χ3v) is 3.21. The molecule has 2 N–H and O–H groups in total. The van der Waals surface area contributed by atoms with Gasteiger partial charge in [0.1, 0.15) is 6.04 Å². The van der Waals surface area contributed by atoms with Gasteiger partial charge in [0.25, 0.3) is 5.91 Å². The molecule has 0 saturated carbocycles. The number of nitrogens with one attached hydrogen (secondary N) is 2. The Morgan fingerprint density at radius 2 is 2.00 bits per heavy atom. The van der Waals surface area contributed by atoms with Crippen molar-refractivity contribution in [3.05, 3.63) is 29.8 Å². The second kappa shape index (κ2) is 4.57. The molecule has 1 aliphatic heterocycles. The van der Waals surface area contributed by atoms with Crippen molar-refractivity contribution >= 4 is 17.5 Å². The van der Waals surface area contributed by atoms with Gasteiger partial charge in [0.2, 0.25) is 5.91 Å². The van der Waals surface area contributed by atoms with Gasteiger partial charge in [-0.25, -0.2) is 0 Å². The number of benzene rings is 1. The van der Waals surface area contributed by atoms with Crippen LogP contribution in [0.3, 0.4) is 0 Å². The van der Waals surface area contributed by atoms with Crippen LogP contribution in [0.4, 0.5) is 5.69 Å². The maximum Gasteiger partial charge on any atom is 0.254 e. The van der Waals surface area contributed by atoms with Gasteiger partial charge in [-0.3, -0.25) is 9.59 Å². The summed E-state index contributed by atoms with van der Waals surface area (Å²) in [4.78, 5) is 24.0. The zero-order valence-corrected chi connectivity index (χ0v) is 9.99. The minimum atomic E-state index is -0.458. The van der Waals surface area contributed by atoms with Crippen LogP contribution < -0.4 is 10.6 Å². The Morgan fingerprint density at radius 3 is 2.71 bits per heavy atom. The predicted octanol–water partition coefficient (Wildman–Crippen LogP) is 1.78. The number of anilines is 1. The molecular weight excluding hydrogens is 216 g/mol. The van der Waals surface area contributed by atoms with E-state index in [1.165, 1.54) is 0 Å². The lowest BCUT2D eigenvalue weighted by Crippen LogP contribution is -2.45. The highest BCUT2D eigenvalue weighted by atomic mass is 16.2. The lowest BCUT2D eigenvalue weighted by atomic mass is 9.98. The van der Waals surface area contributed by atoms with Crippen molar-refractivity contribution < 1.29 is 9.59 Å². The maximum absolute atomic E-state index is 12.0. The molecule has 1 heterocycles. The van der Waals surface area contributed by atoms with E-state index in [0.717, 1.165) is 6.42 Å². The molecule has 0 saturated heterocycles. The first kappa shape index (κ1) is 11.6. The van der Waals surface area contributed by atoms with Crippen LogP contribution in [-0.4, -0.2) is 17.9 Å². The van der Waals surface area contributed by atoms with Gasteiger partial charge in [-0.2, -0.15) is 0 Å². The van der Waals surface area contributed by atoms with Gasteiger partial charge in [0.05, 0.1) is 11.3 Å². The van der Waals surface area contributed by atoms with Crippen LogP contribution in [0.15, 0.2) is 24.3 Å². The number of rotatable bonds is 2. The lowest BCUT2D eigenvalue weighted by Gasteiger charge is -2.20. The Kier molecular flexibility index (Phi) is 3.13. The van der Waals surface area contributed by atoms with E-state index in [4.69, 9.17) is 0 Å². The molecule has 0 spiro atoms. The Morgan fingerprint density at radius 1 is 1.29 bits per heavy atom. The van der Waals surface area contributed by atoms with Gasteiger partial charge < -0.3 is 10.6 Å². The van der Waals surface area contributed by atoms with E-state index in [1.54, 1.807) is 24.3 Å². The summed E-state index contributed by atoms with van der Waals surface area (Å²) in [5.41, 5.74) is 1.10. The summed E-state index contributed by atoms with van der Waals surface area (Å²) in [5, 5.41) is 5.58. The van der Waals surface area contributed by atoms with E-state index in [2.05, 4.69) is 10.6 Å². The summed E-state index contributed by atoms with van der Waals surface area (Å²) in [6.45, 7) is 3.96. The maximum atomic E-state index is 12.0. The molecule has 0 fully saturated rings. The molecule has 1 aromatic carbocycles. The van der Waals surface area contributed by atoms with Crippen LogP contribution in [0.2, 0.25) is 0 Å². The van der Waals surface area contributed by atoms with Crippen LogP contribution in [0.1, 0.15) is 30.6 Å². The average molecular weight is 232 g/mol. The van der Waals surface area contributed by atoms with E-state index in [-0.39, 0.29) is 17.7 Å². The minimum absolute atomic E-state index is 0.119. The fraction of sp³-hybridized carbons (Fsp3) is 0.385. The van der Waals surface area contributed by atoms with Gasteiger partial charge in [-0.05, 0) is 18.1 Å². The van der Waals surface area contributed by atoms with Gasteiger partial charge >= 0.3 is 0 Å². The van der Waals surface area contributed by atoms with Crippen LogP contribution >= 0.6 is 0 Å². The molecule has 4 nitrogen and oxygen atoms in total. The van der Waals surface area contributed by atoms with Crippen LogP contribution in [0.25, 0.3) is 0 Å². The third-order valence-electron chi connectivity index (χ3n) is 3.21. The van der Waals surface area contributed by atoms with Crippen molar-refractivity contribution in [2.75, 3.05) is 5.32 Å². The van der Waals surface area contributed by atoms with E-state index < -0.39 is 6.04 Å². The number of amides is 2. The van der Waals surface area contributed by atoms with Crippen LogP contribution in [0.5, 0.6) is 0 Å². The van der Waals surface area contributed by atoms with Gasteiger partial charge in [0, 0.05) is 0 Å². The first-order chi connectivity index (χ1) is 8.13. The van der Waals surface area contributed by atoms with Gasteiger partial charge in [-0.1, -0.05) is 32.4 Å². The summed E-state index contributed by atoms with van der Waals surface area (Å²) >= 11 is 0. The second-order valence-electron chi connectivity index (χ2n) is 4.37. The molecular formula is C13H16N2O2. The first-order valence-corrected chi connectivity index (χ1v) is 5.84. The second-order valence-corrected chi connectivity index (χ2v) is 4.37. The van der Waals surface area contributed by atoms with Crippen molar-refractivity contribution in [3.63, 3.8) is 0 Å². The average Bonchev–Trinajstić information content (AvgIpc) is 2.46. The lowest BCUT2D eigenvalue weighted by molar-refractivity contribution is -0.119. The molecule has 17 heavy (non-hydrogen) atoms. The number of carbonyl (C=O) groups is 2. The summed E-state index contributed by atoms with van der Waals surface area (Å²) in [5.74, 6) is -0.213. The molecule has 0 aliphatic carbocycles. The van der Waals surface area contributed by atoms with E-state index in [1.807, 2.05) is 13.8 Å². The predicted molar refractivity (Wildman–Crippen MR) is 65.8 cm³/mol. The molecule has 1 aliphatic rings. The zero-order chi connectivity index (χ0) is 12.4. The van der Waals surface area contributed by atoms with E-state index in [0.29, 0.717) is 11.3 Å². The fourth-order valence-electron chi connectivity index (χ4n) is 1.92. The molecule has 2 amide bonds. The summed E-state index contributed by atoms with van der Waals surface area (Å²) in [7, 11) is 0. The Bertz CT molecular complexity index is 456. The molecule has 0 radical (unpaired) electrons. The Hall–Kier alpha value is -1.84. The van der Waals surface area contributed by atoms with Crippen molar-refractivity contribution in [3.8, 4) is 0 Å². The minimum Gasteiger partial charge on any atom is -0.340 e. The first-order valence-electron chi connectivity index (χ1n) is 5.84. The summed E-state index contributed by atoms with van der Waals surface area (Å²) in [6, 6.07) is 6.58. The quantitative estimate of drug-likeness (QED) is 0.816. The third kappa shape index (κ3) is 2.16. The fourth-order valence-corrected chi connectivity index (χ4v) is 1.92. The summed E-state index contributed by atoms with van der Waals surface area (Å²) < 4.78 is 0. The topological polar surface area (TPSA) is 58.2 Å². The largest absolute Gasteiger partial charge is 0.340 e. The molecule has 0 bridgehead atoms. The molecule has 2 atom stereocenters. The highest BCUT2D eigenvalue weighted by Gasteiger charge is 2.30. The normalized spacial score (nSPS) is 20.9. The van der Waals surface area contributed by atoms with Crippen molar-refractivity contribution in [1.29, 1.82) is 0 Å². The van der Waals surface area contributed by atoms with Crippen LogP contribution in [0, 0.1) is 5.92 Å². The number of carbonyl (C=O) groups excluding carboxylic acids is 2. The van der Waals surface area contributed by atoms with Crippen LogP contribution in [-0.2, 0) is 4.79 Å². The highest BCUT2D eigenvalue weighted by Crippen LogP contribution is 2.20. The molecule has 1 aromatic rings. The Balaban J connectivity index is 2.35. The number of hydrogen-bond acceptors (Lipinski definition) is 2. The van der Waals surface area contributed by atoms with Crippen molar-refractivity contribution in [1.82, 2.24) is 5.32 Å². The number of para-hydroxylation sites is 1. The number of hydrogen-bond donors (Lipinski definition) is 2. The van der Waals surface area contributed by atoms with Gasteiger partial charge in [0.15, 0.2) is 0 Å². The molecule has 90 valence electrons. The summed E-state index contributed by atoms with van der Waals surface area (Å²) in [6.07, 6.45) is 0.842. The van der Waals surface area contributed by atoms with Gasteiger partial charge in [-0.15, -0.1) is 0 Å². The monoisotopic (exact) mass is 232 g/mol. The molecule has 4 heteroatoms. The van der Waals surface area contributed by atoms with E-state index in [9.17, 15) is 9.59 Å². The molecule has 2 rings (SSSR count). The zero-order valence-electron chi connectivity index (χ0n) is 9.99. The molecule has 1 unspecified atom stereocenters. The van der Waals surface area contributed by atoms with E-state index >= 15 is 0 Å². The number of fused-ring (bicyclic) bond motifs is 1. The van der Waals surface area contributed by atoms with Crippen molar-refractivity contribution in [2.45, 2.75) is 26.3 Å².